The van der Waals surface area contributed by atoms with Crippen LogP contribution in [0.1, 0.15) is 0 Å². The standard InChI is InChI=1S/2C24H20N.BrH.ClH/c2*1-5-13-21(14-6-1)25(22-15-7-2-8-16-22,23-17-9-3-10-18-23)24-19-11-4-12-20-24;;/h2*1-20H;2*1H/q2*+1;;/p-2. The third-order valence-corrected chi connectivity index (χ3v) is 9.15. The average molecular weight is 760 g/mol. The van der Waals surface area contributed by atoms with Gasteiger partial charge in [-0.25, -0.2) is 0 Å². The van der Waals surface area contributed by atoms with E-state index in [1.165, 1.54) is 45.5 Å². The summed E-state index contributed by atoms with van der Waals surface area (Å²) < 4.78 is 1.12. The summed E-state index contributed by atoms with van der Waals surface area (Å²) in [5.74, 6) is 0. The molecule has 8 aromatic rings. The van der Waals surface area contributed by atoms with Crippen molar-refractivity contribution in [2.75, 3.05) is 0 Å². The van der Waals surface area contributed by atoms with Gasteiger partial charge in [-0.1, -0.05) is 146 Å². The maximum absolute atomic E-state index is 2.20. The van der Waals surface area contributed by atoms with E-state index in [0.717, 1.165) is 0 Å². The van der Waals surface area contributed by atoms with Crippen LogP contribution in [0.25, 0.3) is 0 Å². The first-order valence-electron chi connectivity index (χ1n) is 17.1. The lowest BCUT2D eigenvalue weighted by Gasteiger charge is -2.37. The average Bonchev–Trinajstić information content (AvgIpc) is 3.22. The molecule has 0 radical (unpaired) electrons. The number of benzene rings is 8. The third kappa shape index (κ3) is 7.41. The van der Waals surface area contributed by atoms with Crippen LogP contribution in [0.15, 0.2) is 243 Å². The molecule has 0 N–H and O–H groups in total. The summed E-state index contributed by atoms with van der Waals surface area (Å²) in [7, 11) is 0. The van der Waals surface area contributed by atoms with Gasteiger partial charge in [0.2, 0.25) is 0 Å². The summed E-state index contributed by atoms with van der Waals surface area (Å²) in [5.41, 5.74) is 9.71. The van der Waals surface area contributed by atoms with Gasteiger partial charge in [-0.3, -0.25) is 0 Å². The lowest BCUT2D eigenvalue weighted by molar-refractivity contribution is -0.00100. The predicted octanol–water partition coefficient (Wildman–Crippen LogP) is 7.99. The Bertz CT molecular complexity index is 1680. The zero-order chi connectivity index (χ0) is 33.9. The van der Waals surface area contributed by atoms with Crippen molar-refractivity contribution < 1.29 is 29.4 Å². The summed E-state index contributed by atoms with van der Waals surface area (Å²) >= 11 is 0. The van der Waals surface area contributed by atoms with Gasteiger partial charge in [0.25, 0.3) is 0 Å². The first-order chi connectivity index (χ1) is 24.8. The molecule has 0 amide bonds. The smallest absolute Gasteiger partial charge is 0.148 e. The van der Waals surface area contributed by atoms with Crippen LogP contribution in [0.3, 0.4) is 0 Å². The largest absolute Gasteiger partial charge is 1.00 e. The van der Waals surface area contributed by atoms with Crippen LogP contribution in [-0.2, 0) is 0 Å². The van der Waals surface area contributed by atoms with Crippen molar-refractivity contribution in [3.05, 3.63) is 243 Å². The van der Waals surface area contributed by atoms with E-state index in [1.807, 2.05) is 0 Å². The number of halogens is 2. The molecule has 8 aromatic carbocycles. The summed E-state index contributed by atoms with van der Waals surface area (Å²) in [5, 5.41) is 0. The summed E-state index contributed by atoms with van der Waals surface area (Å²) in [6.45, 7) is 0. The molecule has 0 aliphatic carbocycles. The minimum atomic E-state index is 0. The maximum atomic E-state index is 2.20. The Balaban J connectivity index is 0.000000194. The first kappa shape index (κ1) is 37.7. The lowest BCUT2D eigenvalue weighted by Crippen LogP contribution is -3.00. The van der Waals surface area contributed by atoms with Crippen LogP contribution < -0.4 is 38.4 Å². The van der Waals surface area contributed by atoms with Gasteiger partial charge >= 0.3 is 0 Å². The number of para-hydroxylation sites is 8. The Kier molecular flexibility index (Phi) is 13.1. The van der Waals surface area contributed by atoms with Crippen molar-refractivity contribution in [1.82, 2.24) is 8.97 Å². The highest BCUT2D eigenvalue weighted by molar-refractivity contribution is 5.82. The van der Waals surface area contributed by atoms with Crippen molar-refractivity contribution in [3.63, 3.8) is 0 Å². The first-order valence-corrected chi connectivity index (χ1v) is 17.1. The highest BCUT2D eigenvalue weighted by atomic mass is 79.9. The van der Waals surface area contributed by atoms with Gasteiger partial charge in [0.15, 0.2) is 0 Å². The molecule has 0 saturated heterocycles. The SMILES string of the molecule is [Br-].[Cl-].c1ccc([N+](c2ccccc2)(c2ccccc2)c2ccccc2)cc1.c1ccc([N+](c2ccccc2)(c2ccccc2)c2ccccc2)cc1. The van der Waals surface area contributed by atoms with Gasteiger partial charge < -0.3 is 29.4 Å². The van der Waals surface area contributed by atoms with Gasteiger partial charge in [-0.2, -0.15) is 8.97 Å². The Hall–Kier alpha value is -5.55. The molecule has 0 aliphatic heterocycles. The number of hydrogen-bond donors (Lipinski definition) is 0. The molecule has 0 saturated carbocycles. The molecule has 8 rings (SSSR count). The monoisotopic (exact) mass is 758 g/mol. The van der Waals surface area contributed by atoms with Crippen molar-refractivity contribution in [1.29, 1.82) is 0 Å². The Morgan fingerprint density at radius 1 is 0.173 bits per heavy atom. The lowest BCUT2D eigenvalue weighted by atomic mass is 10.1. The number of hydrogen-bond acceptors (Lipinski definition) is 0. The van der Waals surface area contributed by atoms with E-state index in [-0.39, 0.29) is 29.4 Å². The number of rotatable bonds is 8. The van der Waals surface area contributed by atoms with Gasteiger partial charge in [0.05, 0.1) is 0 Å². The molecule has 0 aliphatic rings. The zero-order valence-corrected chi connectivity index (χ0v) is 31.1. The van der Waals surface area contributed by atoms with Crippen molar-refractivity contribution in [2.45, 2.75) is 0 Å². The zero-order valence-electron chi connectivity index (χ0n) is 28.7. The van der Waals surface area contributed by atoms with Gasteiger partial charge in [-0.05, 0) is 0 Å². The molecular formula is C48H40BrClN2. The van der Waals surface area contributed by atoms with Crippen LogP contribution in [0.2, 0.25) is 0 Å². The minimum Gasteiger partial charge on any atom is -1.00 e. The molecule has 0 fully saturated rings. The summed E-state index contributed by atoms with van der Waals surface area (Å²) in [6.07, 6.45) is 0. The second-order valence-electron chi connectivity index (χ2n) is 12.0. The number of quaternary nitrogens is 2. The predicted molar refractivity (Wildman–Crippen MR) is 213 cm³/mol. The van der Waals surface area contributed by atoms with Crippen LogP contribution in [0.4, 0.5) is 45.5 Å². The number of nitrogens with zero attached hydrogens (tertiary/aromatic N) is 2. The molecule has 0 heterocycles. The van der Waals surface area contributed by atoms with Crippen molar-refractivity contribution in [2.24, 2.45) is 0 Å². The van der Waals surface area contributed by atoms with Gasteiger partial charge in [0, 0.05) is 97.1 Å². The Morgan fingerprint density at radius 3 is 0.365 bits per heavy atom. The van der Waals surface area contributed by atoms with Crippen LogP contribution in [-0.4, -0.2) is 0 Å². The molecule has 0 spiro atoms. The Morgan fingerprint density at radius 2 is 0.269 bits per heavy atom. The fourth-order valence-corrected chi connectivity index (χ4v) is 7.00. The molecule has 0 atom stereocenters. The second kappa shape index (κ2) is 18.1. The van der Waals surface area contributed by atoms with Crippen LogP contribution in [0, 0.1) is 0 Å². The van der Waals surface area contributed by atoms with E-state index in [9.17, 15) is 0 Å². The minimum absolute atomic E-state index is 0. The van der Waals surface area contributed by atoms with E-state index >= 15 is 0 Å². The molecule has 0 unspecified atom stereocenters. The molecular weight excluding hydrogens is 720 g/mol. The Labute approximate surface area is 324 Å². The van der Waals surface area contributed by atoms with E-state index in [2.05, 4.69) is 243 Å². The second-order valence-corrected chi connectivity index (χ2v) is 12.0. The normalized spacial score (nSPS) is 10.8. The maximum Gasteiger partial charge on any atom is 0.148 e. The molecule has 0 bridgehead atoms. The van der Waals surface area contributed by atoms with Crippen molar-refractivity contribution in [3.8, 4) is 0 Å². The van der Waals surface area contributed by atoms with Gasteiger partial charge in [-0.15, -0.1) is 0 Å². The fourth-order valence-electron chi connectivity index (χ4n) is 7.00. The van der Waals surface area contributed by atoms with Crippen LogP contribution >= 0.6 is 0 Å². The highest BCUT2D eigenvalue weighted by Gasteiger charge is 2.40. The van der Waals surface area contributed by atoms with E-state index in [0.29, 0.717) is 8.97 Å². The molecule has 256 valence electrons. The van der Waals surface area contributed by atoms with E-state index in [4.69, 9.17) is 0 Å². The summed E-state index contributed by atoms with van der Waals surface area (Å²) in [6, 6.07) is 85.5. The molecule has 2 nitrogen and oxygen atoms in total. The van der Waals surface area contributed by atoms with E-state index in [1.54, 1.807) is 0 Å². The molecule has 4 heteroatoms. The summed E-state index contributed by atoms with van der Waals surface area (Å²) in [4.78, 5) is 0. The third-order valence-electron chi connectivity index (χ3n) is 9.15. The quantitative estimate of drug-likeness (QED) is 0.138. The van der Waals surface area contributed by atoms with Crippen molar-refractivity contribution >= 4 is 45.5 Å². The molecule has 0 aromatic heterocycles. The van der Waals surface area contributed by atoms with E-state index < -0.39 is 0 Å². The molecule has 52 heavy (non-hydrogen) atoms. The fraction of sp³-hybridized carbons (Fsp3) is 0. The topological polar surface area (TPSA) is 0 Å². The van der Waals surface area contributed by atoms with Gasteiger partial charge in [0.1, 0.15) is 45.5 Å². The highest BCUT2D eigenvalue weighted by Crippen LogP contribution is 2.52. The van der Waals surface area contributed by atoms with Crippen LogP contribution in [0.5, 0.6) is 0 Å².